The molecule has 3 nitrogen and oxygen atoms in total. The molecular weight excluding hydrogens is 275 g/mol. The first-order valence-corrected chi connectivity index (χ1v) is 5.30. The third-order valence-corrected chi connectivity index (χ3v) is 2.51. The van der Waals surface area contributed by atoms with E-state index in [1.165, 1.54) is 12.1 Å². The molecule has 0 unspecified atom stereocenters. The highest BCUT2D eigenvalue weighted by Gasteiger charge is 2.05. The molecule has 0 spiro atoms. The highest BCUT2D eigenvalue weighted by Crippen LogP contribution is 2.29. The maximum atomic E-state index is 13.0. The van der Waals surface area contributed by atoms with Crippen LogP contribution in [0.4, 0.5) is 10.2 Å². The number of aromatic nitrogens is 1. The Morgan fingerprint density at radius 3 is 2.81 bits per heavy atom. The monoisotopic (exact) mass is 282 g/mol. The maximum absolute atomic E-state index is 13.0. The second-order valence-corrected chi connectivity index (χ2v) is 3.93. The molecule has 0 aliphatic rings. The normalized spacial score (nSPS) is 10.1. The average molecular weight is 283 g/mol. The number of halogens is 2. The summed E-state index contributed by atoms with van der Waals surface area (Å²) in [7, 11) is 0. The lowest BCUT2D eigenvalue weighted by Gasteiger charge is -2.06. The molecule has 0 aliphatic heterocycles. The van der Waals surface area contributed by atoms with E-state index in [0.717, 1.165) is 0 Å². The number of nitrogens with zero attached hydrogens (tertiary/aromatic N) is 1. The van der Waals surface area contributed by atoms with Gasteiger partial charge in [0.15, 0.2) is 0 Å². The number of pyridine rings is 1. The Bertz CT molecular complexity index is 519. The van der Waals surface area contributed by atoms with Gasteiger partial charge in [0.25, 0.3) is 0 Å². The van der Waals surface area contributed by atoms with Gasteiger partial charge in [0, 0.05) is 12.1 Å². The molecular formula is C11H8BrFN2O. The Hall–Kier alpha value is -1.62. The predicted molar refractivity (Wildman–Crippen MR) is 62.8 cm³/mol. The number of nitrogens with two attached hydrogens (primary N) is 1. The van der Waals surface area contributed by atoms with Gasteiger partial charge in [-0.05, 0) is 34.1 Å². The van der Waals surface area contributed by atoms with Gasteiger partial charge in [-0.2, -0.15) is 4.98 Å². The summed E-state index contributed by atoms with van der Waals surface area (Å²) in [6, 6.07) is 9.18. The SMILES string of the molecule is Nc1cccc(Oc2cc(F)ccc2Br)n1. The van der Waals surface area contributed by atoms with Crippen LogP contribution < -0.4 is 10.5 Å². The first-order valence-electron chi connectivity index (χ1n) is 4.50. The summed E-state index contributed by atoms with van der Waals surface area (Å²) in [6.45, 7) is 0. The van der Waals surface area contributed by atoms with Gasteiger partial charge >= 0.3 is 0 Å². The minimum absolute atomic E-state index is 0.325. The number of ether oxygens (including phenoxy) is 1. The van der Waals surface area contributed by atoms with Crippen molar-refractivity contribution < 1.29 is 9.13 Å². The highest BCUT2D eigenvalue weighted by molar-refractivity contribution is 9.10. The van der Waals surface area contributed by atoms with Gasteiger partial charge in [0.1, 0.15) is 17.4 Å². The number of benzene rings is 1. The predicted octanol–water partition coefficient (Wildman–Crippen LogP) is 3.36. The quantitative estimate of drug-likeness (QED) is 0.919. The van der Waals surface area contributed by atoms with Crippen molar-refractivity contribution in [3.8, 4) is 11.6 Å². The molecule has 0 amide bonds. The average Bonchev–Trinajstić information content (AvgIpc) is 2.24. The Kier molecular flexibility index (Phi) is 3.05. The largest absolute Gasteiger partial charge is 0.438 e. The molecule has 0 bridgehead atoms. The van der Waals surface area contributed by atoms with Crippen molar-refractivity contribution in [2.75, 3.05) is 5.73 Å². The topological polar surface area (TPSA) is 48.1 Å². The van der Waals surface area contributed by atoms with Crippen LogP contribution in [0.3, 0.4) is 0 Å². The van der Waals surface area contributed by atoms with Gasteiger partial charge in [-0.25, -0.2) is 4.39 Å². The summed E-state index contributed by atoms with van der Waals surface area (Å²) in [6.07, 6.45) is 0. The van der Waals surface area contributed by atoms with Crippen molar-refractivity contribution in [2.45, 2.75) is 0 Å². The third kappa shape index (κ3) is 2.49. The van der Waals surface area contributed by atoms with Gasteiger partial charge in [-0.15, -0.1) is 0 Å². The van der Waals surface area contributed by atoms with Crippen molar-refractivity contribution in [1.29, 1.82) is 0 Å². The van der Waals surface area contributed by atoms with E-state index in [1.807, 2.05) is 0 Å². The first kappa shape index (κ1) is 10.9. The van der Waals surface area contributed by atoms with Gasteiger partial charge in [-0.1, -0.05) is 6.07 Å². The fourth-order valence-electron chi connectivity index (χ4n) is 1.16. The number of anilines is 1. The molecule has 1 aromatic carbocycles. The molecule has 16 heavy (non-hydrogen) atoms. The molecule has 0 radical (unpaired) electrons. The van der Waals surface area contributed by atoms with Crippen molar-refractivity contribution in [3.63, 3.8) is 0 Å². The van der Waals surface area contributed by atoms with Crippen LogP contribution in [0, 0.1) is 5.82 Å². The fraction of sp³-hybridized carbons (Fsp3) is 0. The number of hydrogen-bond acceptors (Lipinski definition) is 3. The van der Waals surface area contributed by atoms with E-state index in [0.29, 0.717) is 21.9 Å². The van der Waals surface area contributed by atoms with Gasteiger partial charge in [0.2, 0.25) is 5.88 Å². The van der Waals surface area contributed by atoms with Crippen molar-refractivity contribution in [3.05, 3.63) is 46.7 Å². The van der Waals surface area contributed by atoms with E-state index in [9.17, 15) is 4.39 Å². The Balaban J connectivity index is 2.30. The standard InChI is InChI=1S/C11H8BrFN2O/c12-8-5-4-7(13)6-9(8)16-11-3-1-2-10(14)15-11/h1-6H,(H2,14,15). The molecule has 0 aliphatic carbocycles. The van der Waals surface area contributed by atoms with Crippen LogP contribution in [-0.2, 0) is 0 Å². The van der Waals surface area contributed by atoms with Gasteiger partial charge in [-0.3, -0.25) is 0 Å². The third-order valence-electron chi connectivity index (χ3n) is 1.85. The summed E-state index contributed by atoms with van der Waals surface area (Å²) >= 11 is 3.26. The van der Waals surface area contributed by atoms with Crippen LogP contribution in [0.5, 0.6) is 11.6 Å². The molecule has 0 saturated heterocycles. The van der Waals surface area contributed by atoms with Crippen molar-refractivity contribution in [1.82, 2.24) is 4.98 Å². The summed E-state index contributed by atoms with van der Waals surface area (Å²) < 4.78 is 19.0. The van der Waals surface area contributed by atoms with E-state index >= 15 is 0 Å². The molecule has 2 N–H and O–H groups in total. The molecule has 0 saturated carbocycles. The minimum atomic E-state index is -0.373. The molecule has 2 rings (SSSR count). The molecule has 1 aromatic heterocycles. The van der Waals surface area contributed by atoms with E-state index < -0.39 is 0 Å². The lowest BCUT2D eigenvalue weighted by molar-refractivity contribution is 0.456. The Labute approximate surface area is 100 Å². The van der Waals surface area contributed by atoms with Crippen LogP contribution in [0.1, 0.15) is 0 Å². The van der Waals surface area contributed by atoms with Crippen molar-refractivity contribution >= 4 is 21.7 Å². The molecule has 0 fully saturated rings. The Morgan fingerprint density at radius 1 is 1.25 bits per heavy atom. The zero-order valence-corrected chi connectivity index (χ0v) is 9.74. The van der Waals surface area contributed by atoms with E-state index in [2.05, 4.69) is 20.9 Å². The lowest BCUT2D eigenvalue weighted by Crippen LogP contribution is -1.93. The zero-order chi connectivity index (χ0) is 11.5. The molecule has 0 atom stereocenters. The number of rotatable bonds is 2. The molecule has 1 heterocycles. The van der Waals surface area contributed by atoms with E-state index in [-0.39, 0.29) is 5.82 Å². The second-order valence-electron chi connectivity index (χ2n) is 3.08. The van der Waals surface area contributed by atoms with E-state index in [4.69, 9.17) is 10.5 Å². The van der Waals surface area contributed by atoms with Gasteiger partial charge in [0.05, 0.1) is 4.47 Å². The zero-order valence-electron chi connectivity index (χ0n) is 8.15. The highest BCUT2D eigenvalue weighted by atomic mass is 79.9. The summed E-state index contributed by atoms with van der Waals surface area (Å²) in [5.41, 5.74) is 5.50. The van der Waals surface area contributed by atoms with Crippen LogP contribution in [0.25, 0.3) is 0 Å². The minimum Gasteiger partial charge on any atom is -0.438 e. The second kappa shape index (κ2) is 4.49. The maximum Gasteiger partial charge on any atom is 0.221 e. The van der Waals surface area contributed by atoms with E-state index in [1.54, 1.807) is 24.3 Å². The van der Waals surface area contributed by atoms with Crippen LogP contribution in [0.2, 0.25) is 0 Å². The van der Waals surface area contributed by atoms with Crippen LogP contribution in [0.15, 0.2) is 40.9 Å². The smallest absolute Gasteiger partial charge is 0.221 e. The summed E-state index contributed by atoms with van der Waals surface area (Å²) in [5, 5.41) is 0. The fourth-order valence-corrected chi connectivity index (χ4v) is 1.48. The van der Waals surface area contributed by atoms with Crippen LogP contribution >= 0.6 is 15.9 Å². The van der Waals surface area contributed by atoms with Crippen molar-refractivity contribution in [2.24, 2.45) is 0 Å². The lowest BCUT2D eigenvalue weighted by atomic mass is 10.3. The Morgan fingerprint density at radius 2 is 2.06 bits per heavy atom. The molecule has 82 valence electrons. The summed E-state index contributed by atoms with van der Waals surface area (Å²) in [4.78, 5) is 3.95. The molecule has 5 heteroatoms. The van der Waals surface area contributed by atoms with Crippen LogP contribution in [-0.4, -0.2) is 4.98 Å². The first-order chi connectivity index (χ1) is 7.65. The van der Waals surface area contributed by atoms with Gasteiger partial charge < -0.3 is 10.5 Å². The number of nitrogen functional groups attached to an aromatic ring is 1. The molecule has 2 aromatic rings. The summed E-state index contributed by atoms with van der Waals surface area (Å²) in [5.74, 6) is 0.663. The number of hydrogen-bond donors (Lipinski definition) is 1.